The highest BCUT2D eigenvalue weighted by Gasteiger charge is 2.13. The Labute approximate surface area is 149 Å². The Kier molecular flexibility index (Phi) is 5.26. The van der Waals surface area contributed by atoms with Crippen LogP contribution in [0, 0.1) is 5.82 Å². The van der Waals surface area contributed by atoms with Gasteiger partial charge < -0.3 is 10.1 Å². The number of halogens is 1. The van der Waals surface area contributed by atoms with Gasteiger partial charge in [0.05, 0.1) is 12.4 Å². The summed E-state index contributed by atoms with van der Waals surface area (Å²) in [7, 11) is 1.81. The van der Waals surface area contributed by atoms with Crippen LogP contribution in [0.5, 0.6) is 5.75 Å². The summed E-state index contributed by atoms with van der Waals surface area (Å²) in [4.78, 5) is 15.5. The molecule has 0 unspecified atom stereocenters. The number of ether oxygens (including phenoxy) is 1. The van der Waals surface area contributed by atoms with E-state index in [1.807, 2.05) is 13.2 Å². The maximum atomic E-state index is 13.2. The number of nitrogens with zero attached hydrogens (tertiary/aromatic N) is 5. The molecular formula is C17H19FN6O2. The van der Waals surface area contributed by atoms with Crippen molar-refractivity contribution in [2.45, 2.75) is 20.0 Å². The molecule has 0 radical (unpaired) electrons. The maximum absolute atomic E-state index is 13.2. The molecule has 0 saturated heterocycles. The molecule has 3 aromatic rings. The predicted octanol–water partition coefficient (Wildman–Crippen LogP) is 1.40. The monoisotopic (exact) mass is 358 g/mol. The van der Waals surface area contributed by atoms with E-state index in [2.05, 4.69) is 20.5 Å². The first-order valence-corrected chi connectivity index (χ1v) is 8.08. The molecule has 1 amide bonds. The summed E-state index contributed by atoms with van der Waals surface area (Å²) in [5.41, 5.74) is 0.759. The fraction of sp³-hybridized carbons (Fsp3) is 0.294. The van der Waals surface area contributed by atoms with Crippen LogP contribution in [0.4, 0.5) is 4.39 Å². The lowest BCUT2D eigenvalue weighted by atomic mass is 10.3. The van der Waals surface area contributed by atoms with Crippen molar-refractivity contribution >= 4 is 5.91 Å². The van der Waals surface area contributed by atoms with Crippen molar-refractivity contribution in [3.05, 3.63) is 54.1 Å². The second-order valence-electron chi connectivity index (χ2n) is 5.71. The smallest absolute Gasteiger partial charge is 0.216 e. The quantitative estimate of drug-likeness (QED) is 0.690. The number of amides is 1. The molecule has 0 aliphatic carbocycles. The second-order valence-corrected chi connectivity index (χ2v) is 5.71. The maximum Gasteiger partial charge on any atom is 0.216 e. The molecular weight excluding hydrogens is 339 g/mol. The summed E-state index contributed by atoms with van der Waals surface area (Å²) in [6.07, 6.45) is 3.99. The zero-order valence-corrected chi connectivity index (χ0v) is 14.5. The van der Waals surface area contributed by atoms with Gasteiger partial charge in [0, 0.05) is 33.0 Å². The SMILES string of the molecule is CC(=O)NCCc1nc(COc2cccc(F)c2)nn1-c1cnn(C)c1. The van der Waals surface area contributed by atoms with E-state index in [0.717, 1.165) is 5.69 Å². The molecule has 9 heteroatoms. The molecule has 0 fully saturated rings. The number of benzene rings is 1. The third kappa shape index (κ3) is 4.44. The van der Waals surface area contributed by atoms with Crippen molar-refractivity contribution in [1.82, 2.24) is 29.9 Å². The summed E-state index contributed by atoms with van der Waals surface area (Å²) >= 11 is 0. The van der Waals surface area contributed by atoms with Gasteiger partial charge in [0.25, 0.3) is 0 Å². The molecule has 136 valence electrons. The number of hydrogen-bond donors (Lipinski definition) is 1. The van der Waals surface area contributed by atoms with E-state index in [4.69, 9.17) is 4.74 Å². The lowest BCUT2D eigenvalue weighted by Crippen LogP contribution is -2.23. The molecule has 0 spiro atoms. The average Bonchev–Trinajstić information content (AvgIpc) is 3.19. The van der Waals surface area contributed by atoms with Gasteiger partial charge in [-0.15, -0.1) is 5.10 Å². The third-order valence-electron chi connectivity index (χ3n) is 3.54. The first kappa shape index (κ1) is 17.6. The van der Waals surface area contributed by atoms with Crippen LogP contribution in [0.15, 0.2) is 36.7 Å². The fourth-order valence-electron chi connectivity index (χ4n) is 2.39. The zero-order chi connectivity index (χ0) is 18.5. The van der Waals surface area contributed by atoms with Gasteiger partial charge in [-0.2, -0.15) is 5.10 Å². The van der Waals surface area contributed by atoms with E-state index in [-0.39, 0.29) is 18.3 Å². The summed E-state index contributed by atoms with van der Waals surface area (Å²) in [5.74, 6) is 1.06. The standard InChI is InChI=1S/C17H19FN6O2/c1-12(25)19-7-6-17-21-16(11-26-15-5-3-4-13(18)8-15)22-24(17)14-9-20-23(2)10-14/h3-5,8-10H,6-7,11H2,1-2H3,(H,19,25). The predicted molar refractivity (Wildman–Crippen MR) is 91.2 cm³/mol. The third-order valence-corrected chi connectivity index (χ3v) is 3.54. The molecule has 0 saturated carbocycles. The zero-order valence-electron chi connectivity index (χ0n) is 14.5. The number of aryl methyl sites for hydroxylation is 1. The minimum absolute atomic E-state index is 0.101. The highest BCUT2D eigenvalue weighted by molar-refractivity contribution is 5.72. The number of nitrogens with one attached hydrogen (secondary N) is 1. The molecule has 1 aromatic carbocycles. The molecule has 0 aliphatic heterocycles. The topological polar surface area (TPSA) is 86.9 Å². The van der Waals surface area contributed by atoms with Gasteiger partial charge >= 0.3 is 0 Å². The van der Waals surface area contributed by atoms with Crippen LogP contribution in [0.2, 0.25) is 0 Å². The molecule has 3 rings (SSSR count). The number of aromatic nitrogens is 5. The molecule has 0 atom stereocenters. The first-order chi connectivity index (χ1) is 12.5. The van der Waals surface area contributed by atoms with Crippen LogP contribution in [0.1, 0.15) is 18.6 Å². The normalized spacial score (nSPS) is 10.7. The van der Waals surface area contributed by atoms with E-state index >= 15 is 0 Å². The number of hydrogen-bond acceptors (Lipinski definition) is 5. The largest absolute Gasteiger partial charge is 0.485 e. The van der Waals surface area contributed by atoms with Crippen molar-refractivity contribution in [2.75, 3.05) is 6.54 Å². The number of rotatable bonds is 7. The molecule has 8 nitrogen and oxygen atoms in total. The van der Waals surface area contributed by atoms with Crippen molar-refractivity contribution in [3.63, 3.8) is 0 Å². The van der Waals surface area contributed by atoms with Gasteiger partial charge in [-0.05, 0) is 12.1 Å². The molecule has 26 heavy (non-hydrogen) atoms. The van der Waals surface area contributed by atoms with E-state index < -0.39 is 0 Å². The van der Waals surface area contributed by atoms with Crippen LogP contribution in [-0.2, 0) is 24.9 Å². The minimum Gasteiger partial charge on any atom is -0.485 e. The Morgan fingerprint density at radius 2 is 2.23 bits per heavy atom. The van der Waals surface area contributed by atoms with Crippen molar-refractivity contribution in [3.8, 4) is 11.4 Å². The van der Waals surface area contributed by atoms with Gasteiger partial charge in [0.2, 0.25) is 5.91 Å². The van der Waals surface area contributed by atoms with E-state index in [0.29, 0.717) is 30.4 Å². The molecule has 2 heterocycles. The molecule has 0 bridgehead atoms. The highest BCUT2D eigenvalue weighted by Crippen LogP contribution is 2.15. The van der Waals surface area contributed by atoms with Crippen LogP contribution >= 0.6 is 0 Å². The Hall–Kier alpha value is -3.23. The van der Waals surface area contributed by atoms with Crippen molar-refractivity contribution in [2.24, 2.45) is 7.05 Å². The van der Waals surface area contributed by atoms with Gasteiger partial charge in [-0.25, -0.2) is 14.1 Å². The summed E-state index contributed by atoms with van der Waals surface area (Å²) in [6, 6.07) is 5.89. The van der Waals surface area contributed by atoms with E-state index in [9.17, 15) is 9.18 Å². The Bertz CT molecular complexity index is 904. The van der Waals surface area contributed by atoms with Crippen molar-refractivity contribution < 1.29 is 13.9 Å². The first-order valence-electron chi connectivity index (χ1n) is 8.08. The lowest BCUT2D eigenvalue weighted by molar-refractivity contribution is -0.118. The Morgan fingerprint density at radius 1 is 1.38 bits per heavy atom. The van der Waals surface area contributed by atoms with Gasteiger partial charge in [0.1, 0.15) is 29.7 Å². The van der Waals surface area contributed by atoms with Gasteiger partial charge in [0.15, 0.2) is 5.82 Å². The lowest BCUT2D eigenvalue weighted by Gasteiger charge is -2.03. The van der Waals surface area contributed by atoms with Crippen LogP contribution in [-0.4, -0.2) is 37.0 Å². The van der Waals surface area contributed by atoms with Crippen LogP contribution in [0.3, 0.4) is 0 Å². The fourth-order valence-corrected chi connectivity index (χ4v) is 2.39. The summed E-state index contributed by atoms with van der Waals surface area (Å²) in [6.45, 7) is 2.01. The van der Waals surface area contributed by atoms with Crippen molar-refractivity contribution in [1.29, 1.82) is 0 Å². The minimum atomic E-state index is -0.368. The van der Waals surface area contributed by atoms with Gasteiger partial charge in [-0.1, -0.05) is 6.07 Å². The van der Waals surface area contributed by atoms with Crippen LogP contribution in [0.25, 0.3) is 5.69 Å². The van der Waals surface area contributed by atoms with Gasteiger partial charge in [-0.3, -0.25) is 9.48 Å². The second kappa shape index (κ2) is 7.77. The van der Waals surface area contributed by atoms with Crippen LogP contribution < -0.4 is 10.1 Å². The molecule has 0 aliphatic rings. The summed E-state index contributed by atoms with van der Waals surface area (Å²) < 4.78 is 22.1. The highest BCUT2D eigenvalue weighted by atomic mass is 19.1. The number of carbonyl (C=O) groups excluding carboxylic acids is 1. The Morgan fingerprint density at radius 3 is 2.92 bits per heavy atom. The summed E-state index contributed by atoms with van der Waals surface area (Å²) in [5, 5.41) is 11.3. The Balaban J connectivity index is 1.77. The van der Waals surface area contributed by atoms with E-state index in [1.54, 1.807) is 27.7 Å². The van der Waals surface area contributed by atoms with E-state index in [1.165, 1.54) is 19.1 Å². The molecule has 2 aromatic heterocycles. The number of carbonyl (C=O) groups is 1. The average molecular weight is 358 g/mol. The molecule has 1 N–H and O–H groups in total.